The lowest BCUT2D eigenvalue weighted by Crippen LogP contribution is -2.13. The van der Waals surface area contributed by atoms with Crippen LogP contribution in [0.4, 0.5) is 0 Å². The van der Waals surface area contributed by atoms with E-state index in [1.807, 2.05) is 6.07 Å². The maximum Gasteiger partial charge on any atom is 0.130 e. The summed E-state index contributed by atoms with van der Waals surface area (Å²) in [6.45, 7) is 0.710. The summed E-state index contributed by atoms with van der Waals surface area (Å²) >= 11 is 3.44. The number of phenols is 1. The predicted molar refractivity (Wildman–Crippen MR) is 60.4 cm³/mol. The largest absolute Gasteiger partial charge is 0.507 e. The zero-order valence-corrected chi connectivity index (χ0v) is 9.55. The first-order valence-corrected chi connectivity index (χ1v) is 5.67. The summed E-state index contributed by atoms with van der Waals surface area (Å²) in [4.78, 5) is 0. The zero-order valence-electron chi connectivity index (χ0n) is 7.96. The Hall–Kier alpha value is -0.540. The van der Waals surface area contributed by atoms with Crippen molar-refractivity contribution in [1.82, 2.24) is 0 Å². The maximum absolute atomic E-state index is 9.58. The molecule has 0 amide bonds. The lowest BCUT2D eigenvalue weighted by Gasteiger charge is -2.16. The molecule has 0 atom stereocenters. The molecule has 14 heavy (non-hydrogen) atoms. The van der Waals surface area contributed by atoms with E-state index in [1.165, 1.54) is 18.4 Å². The quantitative estimate of drug-likeness (QED) is 0.872. The van der Waals surface area contributed by atoms with E-state index in [9.17, 15) is 5.11 Å². The van der Waals surface area contributed by atoms with Gasteiger partial charge in [0.05, 0.1) is 4.47 Å². The molecule has 3 heteroatoms. The number of benzene rings is 1. The molecule has 1 saturated carbocycles. The molecule has 2 rings (SSSR count). The average molecular weight is 256 g/mol. The molecular formula is C11H14BrNO. The maximum atomic E-state index is 9.58. The van der Waals surface area contributed by atoms with Gasteiger partial charge in [-0.05, 0) is 58.8 Å². The van der Waals surface area contributed by atoms with Gasteiger partial charge in [0.1, 0.15) is 5.75 Å². The third-order valence-electron chi connectivity index (χ3n) is 3.03. The third kappa shape index (κ3) is 1.55. The first-order chi connectivity index (χ1) is 6.69. The Kier molecular flexibility index (Phi) is 2.54. The van der Waals surface area contributed by atoms with Gasteiger partial charge in [-0.1, -0.05) is 12.1 Å². The third-order valence-corrected chi connectivity index (χ3v) is 3.86. The minimum atomic E-state index is 0.242. The molecule has 0 aliphatic heterocycles. The van der Waals surface area contributed by atoms with Crippen LogP contribution in [0.1, 0.15) is 24.8 Å². The van der Waals surface area contributed by atoms with Crippen molar-refractivity contribution < 1.29 is 5.11 Å². The van der Waals surface area contributed by atoms with Crippen molar-refractivity contribution in [2.24, 2.45) is 5.73 Å². The predicted octanol–water partition coefficient (Wildman–Crippen LogP) is 2.54. The SMILES string of the molecule is NCCC1(c2cccc(O)c2Br)CC1. The van der Waals surface area contributed by atoms with Crippen LogP contribution in [0.5, 0.6) is 5.75 Å². The number of phenolic OH excluding ortho intramolecular Hbond substituents is 1. The number of hydrogen-bond donors (Lipinski definition) is 2. The van der Waals surface area contributed by atoms with E-state index in [-0.39, 0.29) is 5.41 Å². The Morgan fingerprint density at radius 1 is 1.43 bits per heavy atom. The second kappa shape index (κ2) is 3.55. The van der Waals surface area contributed by atoms with Gasteiger partial charge in [0.2, 0.25) is 0 Å². The van der Waals surface area contributed by atoms with Crippen molar-refractivity contribution in [1.29, 1.82) is 0 Å². The number of halogens is 1. The highest BCUT2D eigenvalue weighted by Gasteiger charge is 2.44. The van der Waals surface area contributed by atoms with Gasteiger partial charge < -0.3 is 10.8 Å². The number of aromatic hydroxyl groups is 1. The number of rotatable bonds is 3. The molecule has 1 aromatic carbocycles. The van der Waals surface area contributed by atoms with Crippen molar-refractivity contribution in [3.05, 3.63) is 28.2 Å². The van der Waals surface area contributed by atoms with Gasteiger partial charge in [-0.2, -0.15) is 0 Å². The van der Waals surface area contributed by atoms with Gasteiger partial charge in [-0.3, -0.25) is 0 Å². The molecule has 0 unspecified atom stereocenters. The van der Waals surface area contributed by atoms with Crippen molar-refractivity contribution in [2.45, 2.75) is 24.7 Å². The van der Waals surface area contributed by atoms with E-state index in [2.05, 4.69) is 22.0 Å². The first-order valence-electron chi connectivity index (χ1n) is 4.88. The van der Waals surface area contributed by atoms with Crippen molar-refractivity contribution >= 4 is 15.9 Å². The molecule has 0 radical (unpaired) electrons. The molecule has 0 saturated heterocycles. The summed E-state index contributed by atoms with van der Waals surface area (Å²) in [6, 6.07) is 5.67. The monoisotopic (exact) mass is 255 g/mol. The molecule has 1 aliphatic rings. The molecular weight excluding hydrogens is 242 g/mol. The van der Waals surface area contributed by atoms with Gasteiger partial charge >= 0.3 is 0 Å². The zero-order chi connectivity index (χ0) is 10.2. The topological polar surface area (TPSA) is 46.2 Å². The van der Waals surface area contributed by atoms with Crippen LogP contribution in [0.25, 0.3) is 0 Å². The van der Waals surface area contributed by atoms with E-state index in [1.54, 1.807) is 6.07 Å². The van der Waals surface area contributed by atoms with Crippen molar-refractivity contribution in [3.63, 3.8) is 0 Å². The molecule has 0 spiro atoms. The van der Waals surface area contributed by atoms with E-state index >= 15 is 0 Å². The van der Waals surface area contributed by atoms with E-state index < -0.39 is 0 Å². The molecule has 1 aromatic rings. The smallest absolute Gasteiger partial charge is 0.130 e. The Morgan fingerprint density at radius 2 is 2.14 bits per heavy atom. The summed E-state index contributed by atoms with van der Waals surface area (Å²) in [7, 11) is 0. The fourth-order valence-corrected chi connectivity index (χ4v) is 2.70. The summed E-state index contributed by atoms with van der Waals surface area (Å²) in [5, 5.41) is 9.58. The van der Waals surface area contributed by atoms with Crippen LogP contribution < -0.4 is 5.73 Å². The first kappa shape index (κ1) is 9.99. The van der Waals surface area contributed by atoms with Crippen LogP contribution in [0.15, 0.2) is 22.7 Å². The Balaban J connectivity index is 2.37. The standard InChI is InChI=1S/C11H14BrNO/c12-10-8(2-1-3-9(10)14)11(4-5-11)6-7-13/h1-3,14H,4-7,13H2. The van der Waals surface area contributed by atoms with E-state index in [0.29, 0.717) is 12.3 Å². The normalized spacial score (nSPS) is 18.1. The molecule has 76 valence electrons. The molecule has 1 aliphatic carbocycles. The minimum Gasteiger partial charge on any atom is -0.507 e. The second-order valence-electron chi connectivity index (χ2n) is 3.96. The van der Waals surface area contributed by atoms with Crippen molar-refractivity contribution in [3.8, 4) is 5.75 Å². The van der Waals surface area contributed by atoms with Crippen LogP contribution in [-0.4, -0.2) is 11.7 Å². The Morgan fingerprint density at radius 3 is 2.71 bits per heavy atom. The Bertz CT molecular complexity index is 347. The summed E-state index contributed by atoms with van der Waals surface area (Å²) in [6.07, 6.45) is 3.38. The summed E-state index contributed by atoms with van der Waals surface area (Å²) in [5.74, 6) is 0.325. The highest BCUT2D eigenvalue weighted by molar-refractivity contribution is 9.10. The lowest BCUT2D eigenvalue weighted by molar-refractivity contribution is 0.468. The van der Waals surface area contributed by atoms with Gasteiger partial charge in [0.15, 0.2) is 0 Å². The lowest BCUT2D eigenvalue weighted by atomic mass is 9.92. The van der Waals surface area contributed by atoms with Gasteiger partial charge in [-0.15, -0.1) is 0 Å². The fraction of sp³-hybridized carbons (Fsp3) is 0.455. The fourth-order valence-electron chi connectivity index (χ4n) is 2.01. The average Bonchev–Trinajstić information content (AvgIpc) is 2.91. The van der Waals surface area contributed by atoms with Crippen molar-refractivity contribution in [2.75, 3.05) is 6.54 Å². The highest BCUT2D eigenvalue weighted by atomic mass is 79.9. The van der Waals surface area contributed by atoms with Gasteiger partial charge in [-0.25, -0.2) is 0 Å². The van der Waals surface area contributed by atoms with Crippen LogP contribution >= 0.6 is 15.9 Å². The van der Waals surface area contributed by atoms with Gasteiger partial charge in [0.25, 0.3) is 0 Å². The minimum absolute atomic E-state index is 0.242. The molecule has 0 bridgehead atoms. The molecule has 2 nitrogen and oxygen atoms in total. The van der Waals surface area contributed by atoms with Crippen LogP contribution in [-0.2, 0) is 5.41 Å². The molecule has 0 heterocycles. The Labute approximate surface area is 92.3 Å². The molecule has 0 aromatic heterocycles. The molecule has 3 N–H and O–H groups in total. The van der Waals surface area contributed by atoms with Gasteiger partial charge in [0, 0.05) is 0 Å². The van der Waals surface area contributed by atoms with Crippen LogP contribution in [0.2, 0.25) is 0 Å². The van der Waals surface area contributed by atoms with E-state index in [0.717, 1.165) is 10.9 Å². The molecule has 1 fully saturated rings. The van der Waals surface area contributed by atoms with Crippen LogP contribution in [0.3, 0.4) is 0 Å². The van der Waals surface area contributed by atoms with E-state index in [4.69, 9.17) is 5.73 Å². The number of hydrogen-bond acceptors (Lipinski definition) is 2. The second-order valence-corrected chi connectivity index (χ2v) is 4.75. The summed E-state index contributed by atoms with van der Waals surface area (Å²) in [5.41, 5.74) is 7.06. The summed E-state index contributed by atoms with van der Waals surface area (Å²) < 4.78 is 0.839. The number of nitrogens with two attached hydrogens (primary N) is 1. The van der Waals surface area contributed by atoms with Crippen LogP contribution in [0, 0.1) is 0 Å². The highest BCUT2D eigenvalue weighted by Crippen LogP contribution is 2.53.